The van der Waals surface area contributed by atoms with Crippen molar-refractivity contribution in [2.45, 2.75) is 32.7 Å². The van der Waals surface area contributed by atoms with E-state index in [2.05, 4.69) is 17.2 Å². The lowest BCUT2D eigenvalue weighted by atomic mass is 10.1. The monoisotopic (exact) mass is 521 g/mol. The van der Waals surface area contributed by atoms with Crippen molar-refractivity contribution in [2.75, 3.05) is 13.2 Å². The fourth-order valence-corrected chi connectivity index (χ4v) is 4.55. The second-order valence-electron chi connectivity index (χ2n) is 9.33. The number of nitrogens with zero attached hydrogens (tertiary/aromatic N) is 3. The quantitative estimate of drug-likeness (QED) is 0.142. The van der Waals surface area contributed by atoms with Gasteiger partial charge in [0, 0.05) is 10.9 Å². The molecule has 1 heterocycles. The van der Waals surface area contributed by atoms with Crippen LogP contribution >= 0.6 is 0 Å². The molecule has 4 aromatic carbocycles. The molecule has 39 heavy (non-hydrogen) atoms. The van der Waals surface area contributed by atoms with E-state index < -0.39 is 5.91 Å². The van der Waals surface area contributed by atoms with Gasteiger partial charge in [0.2, 0.25) is 5.88 Å². The number of azo groups is 1. The van der Waals surface area contributed by atoms with Gasteiger partial charge in [-0.05, 0) is 41.5 Å². The van der Waals surface area contributed by atoms with E-state index in [0.29, 0.717) is 24.3 Å². The predicted octanol–water partition coefficient (Wildman–Crippen LogP) is 7.81. The number of amides is 1. The smallest absolute Gasteiger partial charge is 0.302 e. The molecule has 0 aliphatic carbocycles. The van der Waals surface area contributed by atoms with Crippen molar-refractivity contribution in [1.29, 1.82) is 0 Å². The fourth-order valence-electron chi connectivity index (χ4n) is 4.55. The number of rotatable bonds is 11. The minimum Gasteiger partial charge on any atom is -0.493 e. The van der Waals surface area contributed by atoms with E-state index in [0.717, 1.165) is 46.9 Å². The fraction of sp³-hybridized carbons (Fsp3) is 0.219. The van der Waals surface area contributed by atoms with Crippen LogP contribution in [0.25, 0.3) is 21.7 Å². The van der Waals surface area contributed by atoms with Gasteiger partial charge < -0.3 is 19.1 Å². The third-order valence-corrected chi connectivity index (χ3v) is 6.57. The van der Waals surface area contributed by atoms with Gasteiger partial charge in [-0.15, -0.1) is 10.2 Å². The van der Waals surface area contributed by atoms with Crippen LogP contribution in [0.4, 0.5) is 5.69 Å². The number of carbonyl (C=O) groups excluding carboxylic acids is 1. The number of unbranched alkanes of at least 4 members (excludes halogenated alkanes) is 2. The first-order chi connectivity index (χ1) is 19.1. The third kappa shape index (κ3) is 6.09. The van der Waals surface area contributed by atoms with Crippen LogP contribution in [0.1, 0.15) is 31.7 Å². The molecule has 0 fully saturated rings. The predicted molar refractivity (Wildman–Crippen MR) is 153 cm³/mol. The minimum atomic E-state index is -0.551. The lowest BCUT2D eigenvalue weighted by molar-refractivity contribution is -0.120. The molecule has 1 amide bonds. The summed E-state index contributed by atoms with van der Waals surface area (Å²) in [7, 11) is 0. The summed E-state index contributed by atoms with van der Waals surface area (Å²) >= 11 is 0. The Labute approximate surface area is 227 Å². The van der Waals surface area contributed by atoms with Gasteiger partial charge in [-0.2, -0.15) is 0 Å². The SMILES string of the molecule is CCCCCOc1ccccc1Cn1c(O)c(N=NC(=O)COc2ccc3ccccc3c2)c2ccccc21. The maximum atomic E-state index is 12.5. The largest absolute Gasteiger partial charge is 0.493 e. The molecule has 5 aromatic rings. The molecular formula is C32H31N3O4. The van der Waals surface area contributed by atoms with Crippen LogP contribution in [0.5, 0.6) is 17.4 Å². The summed E-state index contributed by atoms with van der Waals surface area (Å²) in [5.41, 5.74) is 1.96. The van der Waals surface area contributed by atoms with Gasteiger partial charge in [-0.1, -0.05) is 86.5 Å². The Morgan fingerprint density at radius 1 is 0.872 bits per heavy atom. The highest BCUT2D eigenvalue weighted by molar-refractivity contribution is 5.95. The van der Waals surface area contributed by atoms with Gasteiger partial charge in [-0.3, -0.25) is 4.79 Å². The average Bonchev–Trinajstić information content (AvgIpc) is 3.23. The Morgan fingerprint density at radius 2 is 1.64 bits per heavy atom. The number of ether oxygens (including phenoxy) is 2. The highest BCUT2D eigenvalue weighted by Gasteiger charge is 2.18. The Hall–Kier alpha value is -4.65. The van der Waals surface area contributed by atoms with Crippen LogP contribution in [0.2, 0.25) is 0 Å². The summed E-state index contributed by atoms with van der Waals surface area (Å²) in [6.45, 7) is 2.93. The standard InChI is InChI=1S/C32H31N3O4/c1-2-3-10-19-38-29-16-9-6-13-25(29)21-35-28-15-8-7-14-27(28)31(32(35)37)34-33-30(36)22-39-26-18-17-23-11-4-5-12-24(23)20-26/h4-9,11-18,20,37H,2-3,10,19,21-22H2,1H3. The first kappa shape index (κ1) is 26.0. The van der Waals surface area contributed by atoms with E-state index in [1.807, 2.05) is 91.0 Å². The number of carbonyl (C=O) groups is 1. The van der Waals surface area contributed by atoms with Gasteiger partial charge in [0.05, 0.1) is 18.7 Å². The number of hydrogen-bond donors (Lipinski definition) is 1. The van der Waals surface area contributed by atoms with Crippen LogP contribution in [-0.2, 0) is 11.3 Å². The van der Waals surface area contributed by atoms with E-state index in [4.69, 9.17) is 9.47 Å². The molecule has 1 aromatic heterocycles. The molecule has 1 N–H and O–H groups in total. The molecule has 7 heteroatoms. The number of para-hydroxylation sites is 2. The summed E-state index contributed by atoms with van der Waals surface area (Å²) in [4.78, 5) is 12.5. The zero-order valence-corrected chi connectivity index (χ0v) is 21.9. The number of benzene rings is 4. The summed E-state index contributed by atoms with van der Waals surface area (Å²) < 4.78 is 13.4. The van der Waals surface area contributed by atoms with E-state index in [9.17, 15) is 9.90 Å². The molecule has 0 saturated carbocycles. The van der Waals surface area contributed by atoms with E-state index >= 15 is 0 Å². The van der Waals surface area contributed by atoms with Crippen molar-refractivity contribution in [3.05, 3.63) is 96.6 Å². The van der Waals surface area contributed by atoms with Gasteiger partial charge in [-0.25, -0.2) is 0 Å². The van der Waals surface area contributed by atoms with Crippen molar-refractivity contribution in [1.82, 2.24) is 4.57 Å². The first-order valence-corrected chi connectivity index (χ1v) is 13.2. The van der Waals surface area contributed by atoms with Crippen molar-refractivity contribution in [3.63, 3.8) is 0 Å². The van der Waals surface area contributed by atoms with Crippen LogP contribution in [0.3, 0.4) is 0 Å². The molecule has 5 rings (SSSR count). The molecule has 0 unspecified atom stereocenters. The molecule has 0 radical (unpaired) electrons. The van der Waals surface area contributed by atoms with Crippen LogP contribution in [0.15, 0.2) is 101 Å². The van der Waals surface area contributed by atoms with Gasteiger partial charge in [0.15, 0.2) is 12.3 Å². The molecule has 0 atom stereocenters. The summed E-state index contributed by atoms with van der Waals surface area (Å²) in [5.74, 6) is 0.747. The van der Waals surface area contributed by atoms with Crippen molar-refractivity contribution in [3.8, 4) is 17.4 Å². The highest BCUT2D eigenvalue weighted by Crippen LogP contribution is 2.40. The third-order valence-electron chi connectivity index (χ3n) is 6.57. The molecule has 0 saturated heterocycles. The Kier molecular flexibility index (Phi) is 8.17. The molecule has 0 aliphatic rings. The summed E-state index contributed by atoms with van der Waals surface area (Å²) in [6, 6.07) is 28.9. The number of fused-ring (bicyclic) bond motifs is 2. The zero-order valence-electron chi connectivity index (χ0n) is 21.9. The maximum Gasteiger partial charge on any atom is 0.302 e. The Bertz CT molecular complexity index is 1620. The van der Waals surface area contributed by atoms with Crippen molar-refractivity contribution in [2.24, 2.45) is 10.2 Å². The Morgan fingerprint density at radius 3 is 2.51 bits per heavy atom. The van der Waals surface area contributed by atoms with E-state index in [1.54, 1.807) is 4.57 Å². The number of hydrogen-bond acceptors (Lipinski definition) is 5. The second-order valence-corrected chi connectivity index (χ2v) is 9.33. The first-order valence-electron chi connectivity index (χ1n) is 13.2. The summed E-state index contributed by atoms with van der Waals surface area (Å²) in [6.07, 6.45) is 3.24. The van der Waals surface area contributed by atoms with E-state index in [-0.39, 0.29) is 18.2 Å². The van der Waals surface area contributed by atoms with Gasteiger partial charge in [0.1, 0.15) is 11.5 Å². The van der Waals surface area contributed by atoms with Crippen LogP contribution < -0.4 is 9.47 Å². The van der Waals surface area contributed by atoms with E-state index in [1.165, 1.54) is 0 Å². The molecular weight excluding hydrogens is 490 g/mol. The lowest BCUT2D eigenvalue weighted by Gasteiger charge is -2.13. The molecule has 198 valence electrons. The molecule has 0 bridgehead atoms. The number of aromatic hydroxyl groups is 1. The number of aromatic nitrogens is 1. The summed E-state index contributed by atoms with van der Waals surface area (Å²) in [5, 5.41) is 22.0. The van der Waals surface area contributed by atoms with Gasteiger partial charge >= 0.3 is 5.91 Å². The minimum absolute atomic E-state index is 0.0658. The van der Waals surface area contributed by atoms with Gasteiger partial charge in [0.25, 0.3) is 0 Å². The second kappa shape index (κ2) is 12.3. The van der Waals surface area contributed by atoms with Crippen molar-refractivity contribution < 1.29 is 19.4 Å². The maximum absolute atomic E-state index is 12.5. The topological polar surface area (TPSA) is 85.4 Å². The molecule has 7 nitrogen and oxygen atoms in total. The normalized spacial score (nSPS) is 11.4. The van der Waals surface area contributed by atoms with Crippen LogP contribution in [0, 0.1) is 0 Å². The van der Waals surface area contributed by atoms with Crippen LogP contribution in [-0.4, -0.2) is 28.8 Å². The average molecular weight is 522 g/mol. The Balaban J connectivity index is 1.33. The lowest BCUT2D eigenvalue weighted by Crippen LogP contribution is -2.07. The molecule has 0 aliphatic heterocycles. The van der Waals surface area contributed by atoms with Crippen molar-refractivity contribution >= 4 is 33.3 Å². The zero-order chi connectivity index (χ0) is 27.0. The highest BCUT2D eigenvalue weighted by atomic mass is 16.5. The molecule has 0 spiro atoms.